The SMILES string of the molecule is C[n+]1oc(-c2ccccc2)cc1/C=C/c1ccccc1.F[B-](F)(F)F. The van der Waals surface area contributed by atoms with Crippen molar-refractivity contribution >= 4 is 19.4 Å². The number of hydrogen-bond acceptors (Lipinski definition) is 1. The van der Waals surface area contributed by atoms with Crippen LogP contribution in [0.4, 0.5) is 17.3 Å². The predicted molar refractivity (Wildman–Crippen MR) is 90.9 cm³/mol. The Kier molecular flexibility index (Phi) is 6.17. The summed E-state index contributed by atoms with van der Waals surface area (Å²) in [7, 11) is -4.09. The zero-order valence-corrected chi connectivity index (χ0v) is 13.5. The molecular weight excluding hydrogens is 333 g/mol. The second kappa shape index (κ2) is 8.33. The van der Waals surface area contributed by atoms with Gasteiger partial charge in [0.2, 0.25) is 5.76 Å². The first kappa shape index (κ1) is 18.5. The summed E-state index contributed by atoms with van der Waals surface area (Å²) in [5.41, 5.74) is 3.30. The van der Waals surface area contributed by atoms with E-state index in [0.29, 0.717) is 0 Å². The zero-order chi connectivity index (χ0) is 18.3. The molecule has 0 saturated carbocycles. The number of benzene rings is 2. The van der Waals surface area contributed by atoms with Crippen LogP contribution >= 0.6 is 0 Å². The summed E-state index contributed by atoms with van der Waals surface area (Å²) in [6.45, 7) is 0. The molecule has 3 rings (SSSR count). The highest BCUT2D eigenvalue weighted by atomic mass is 19.5. The van der Waals surface area contributed by atoms with Gasteiger partial charge in [-0.1, -0.05) is 60.7 Å². The van der Waals surface area contributed by atoms with Gasteiger partial charge in [0.25, 0.3) is 5.69 Å². The molecule has 7 heteroatoms. The standard InChI is InChI=1S/C18H16NO.BF4/c1-19-17(13-12-15-8-4-2-5-9-15)14-18(20-19)16-10-6-3-7-11-16;2-1(3,4)5/h2-14H,1H3;/q+1;-1/b13-12+;. The summed E-state index contributed by atoms with van der Waals surface area (Å²) < 4.78 is 46.5. The van der Waals surface area contributed by atoms with Crippen LogP contribution in [0.25, 0.3) is 23.5 Å². The lowest BCUT2D eigenvalue weighted by atomic mass is 10.1. The molecule has 3 aromatic rings. The third-order valence-corrected chi connectivity index (χ3v) is 3.18. The van der Waals surface area contributed by atoms with Crippen LogP contribution in [0.3, 0.4) is 0 Å². The minimum Gasteiger partial charge on any atom is -0.418 e. The van der Waals surface area contributed by atoms with E-state index in [4.69, 9.17) is 4.52 Å². The van der Waals surface area contributed by atoms with Crippen molar-refractivity contribution in [1.29, 1.82) is 0 Å². The highest BCUT2D eigenvalue weighted by Crippen LogP contribution is 2.19. The fraction of sp³-hybridized carbons (Fsp3) is 0.0556. The van der Waals surface area contributed by atoms with E-state index in [1.165, 1.54) is 5.56 Å². The molecule has 0 spiro atoms. The van der Waals surface area contributed by atoms with Gasteiger partial charge in [-0.15, -0.1) is 0 Å². The van der Waals surface area contributed by atoms with E-state index in [0.717, 1.165) is 17.0 Å². The van der Waals surface area contributed by atoms with Crippen molar-refractivity contribution in [1.82, 2.24) is 0 Å². The molecule has 130 valence electrons. The van der Waals surface area contributed by atoms with Crippen molar-refractivity contribution in [3.8, 4) is 11.3 Å². The smallest absolute Gasteiger partial charge is 0.418 e. The van der Waals surface area contributed by atoms with E-state index in [9.17, 15) is 17.3 Å². The Morgan fingerprint density at radius 1 is 0.840 bits per heavy atom. The van der Waals surface area contributed by atoms with Gasteiger partial charge in [-0.2, -0.15) is 0 Å². The van der Waals surface area contributed by atoms with Gasteiger partial charge in [-0.3, -0.25) is 0 Å². The van der Waals surface area contributed by atoms with E-state index in [-0.39, 0.29) is 0 Å². The Morgan fingerprint density at radius 3 is 1.92 bits per heavy atom. The van der Waals surface area contributed by atoms with Crippen LogP contribution in [-0.2, 0) is 7.05 Å². The van der Waals surface area contributed by atoms with Gasteiger partial charge >= 0.3 is 7.25 Å². The molecule has 0 N–H and O–H groups in total. The van der Waals surface area contributed by atoms with Crippen molar-refractivity contribution in [2.75, 3.05) is 0 Å². The van der Waals surface area contributed by atoms with Gasteiger partial charge in [-0.05, 0) is 16.4 Å². The normalized spacial score (nSPS) is 11.2. The number of nitrogens with zero attached hydrogens (tertiary/aromatic N) is 1. The monoisotopic (exact) mass is 349 g/mol. The Morgan fingerprint density at radius 2 is 1.36 bits per heavy atom. The van der Waals surface area contributed by atoms with Crippen LogP contribution in [0.1, 0.15) is 11.3 Å². The molecule has 2 nitrogen and oxygen atoms in total. The van der Waals surface area contributed by atoms with Crippen molar-refractivity contribution in [2.24, 2.45) is 7.05 Å². The second-order valence-corrected chi connectivity index (χ2v) is 5.13. The van der Waals surface area contributed by atoms with Crippen LogP contribution in [0, 0.1) is 0 Å². The van der Waals surface area contributed by atoms with E-state index in [1.54, 1.807) is 4.74 Å². The highest BCUT2D eigenvalue weighted by Gasteiger charge is 2.20. The largest absolute Gasteiger partial charge is 0.673 e. The number of aromatic nitrogens is 1. The predicted octanol–water partition coefficient (Wildman–Crippen LogP) is 5.24. The van der Waals surface area contributed by atoms with Crippen molar-refractivity contribution < 1.29 is 26.5 Å². The molecule has 0 aliphatic carbocycles. The maximum atomic E-state index is 9.75. The van der Waals surface area contributed by atoms with Gasteiger partial charge in [-0.25, -0.2) is 4.52 Å². The molecule has 1 heterocycles. The average Bonchev–Trinajstić information content (AvgIpc) is 2.94. The first-order chi connectivity index (χ1) is 11.8. The molecule has 1 aromatic heterocycles. The van der Waals surface area contributed by atoms with Gasteiger partial charge < -0.3 is 17.3 Å². The lowest BCUT2D eigenvalue weighted by Crippen LogP contribution is -2.27. The number of rotatable bonds is 3. The first-order valence-corrected chi connectivity index (χ1v) is 7.49. The molecule has 0 bridgehead atoms. The molecule has 2 aromatic carbocycles. The molecular formula is C18H16BF4NO. The van der Waals surface area contributed by atoms with Gasteiger partial charge in [0.15, 0.2) is 7.05 Å². The van der Waals surface area contributed by atoms with E-state index in [2.05, 4.69) is 30.4 Å². The van der Waals surface area contributed by atoms with Crippen LogP contribution in [0.2, 0.25) is 0 Å². The molecule has 0 unspecified atom stereocenters. The first-order valence-electron chi connectivity index (χ1n) is 7.49. The zero-order valence-electron chi connectivity index (χ0n) is 13.5. The lowest BCUT2D eigenvalue weighted by molar-refractivity contribution is -0.844. The average molecular weight is 349 g/mol. The molecule has 0 fully saturated rings. The maximum absolute atomic E-state index is 9.75. The lowest BCUT2D eigenvalue weighted by Gasteiger charge is -1.94. The van der Waals surface area contributed by atoms with Gasteiger partial charge in [0, 0.05) is 11.6 Å². The Hall–Kier alpha value is -2.83. The molecule has 0 amide bonds. The molecule has 0 radical (unpaired) electrons. The fourth-order valence-corrected chi connectivity index (χ4v) is 2.09. The Bertz CT molecular complexity index is 808. The van der Waals surface area contributed by atoms with E-state index in [1.807, 2.05) is 55.6 Å². The number of halogens is 4. The minimum absolute atomic E-state index is 0.876. The van der Waals surface area contributed by atoms with Crippen LogP contribution in [-0.4, -0.2) is 7.25 Å². The third-order valence-electron chi connectivity index (χ3n) is 3.18. The third kappa shape index (κ3) is 6.67. The molecule has 0 atom stereocenters. The summed E-state index contributed by atoms with van der Waals surface area (Å²) in [6.07, 6.45) is 4.14. The summed E-state index contributed by atoms with van der Waals surface area (Å²) in [4.78, 5) is 0. The van der Waals surface area contributed by atoms with Gasteiger partial charge in [0.05, 0.1) is 6.07 Å². The van der Waals surface area contributed by atoms with Crippen LogP contribution < -0.4 is 4.74 Å². The summed E-state index contributed by atoms with van der Waals surface area (Å²) in [5, 5.41) is 0. The number of aryl methyl sites for hydroxylation is 1. The molecule has 0 aliphatic heterocycles. The van der Waals surface area contributed by atoms with Gasteiger partial charge in [0.1, 0.15) is 0 Å². The molecule has 25 heavy (non-hydrogen) atoms. The van der Waals surface area contributed by atoms with E-state index < -0.39 is 7.25 Å². The number of hydrogen-bond donors (Lipinski definition) is 0. The molecule has 0 saturated heterocycles. The topological polar surface area (TPSA) is 17.0 Å². The quantitative estimate of drug-likeness (QED) is 0.359. The molecule has 0 aliphatic rings. The summed E-state index contributed by atoms with van der Waals surface area (Å²) in [6, 6.07) is 22.4. The highest BCUT2D eigenvalue weighted by molar-refractivity contribution is 6.50. The summed E-state index contributed by atoms with van der Waals surface area (Å²) >= 11 is 0. The fourth-order valence-electron chi connectivity index (χ4n) is 2.09. The maximum Gasteiger partial charge on any atom is 0.673 e. The van der Waals surface area contributed by atoms with E-state index >= 15 is 0 Å². The van der Waals surface area contributed by atoms with Crippen LogP contribution in [0.5, 0.6) is 0 Å². The second-order valence-electron chi connectivity index (χ2n) is 5.13. The van der Waals surface area contributed by atoms with Crippen LogP contribution in [0.15, 0.2) is 71.3 Å². The Balaban J connectivity index is 0.000000399. The summed E-state index contributed by atoms with van der Waals surface area (Å²) in [5.74, 6) is 0.876. The van der Waals surface area contributed by atoms with Crippen molar-refractivity contribution in [3.05, 3.63) is 78.0 Å². The minimum atomic E-state index is -6.00. The van der Waals surface area contributed by atoms with Crippen molar-refractivity contribution in [3.63, 3.8) is 0 Å². The van der Waals surface area contributed by atoms with Crippen molar-refractivity contribution in [2.45, 2.75) is 0 Å². The Labute approximate surface area is 143 Å².